The van der Waals surface area contributed by atoms with Crippen molar-refractivity contribution in [2.24, 2.45) is 11.8 Å². The van der Waals surface area contributed by atoms with Crippen molar-refractivity contribution < 1.29 is 14.6 Å². The maximum Gasteiger partial charge on any atom is 0.125 e. The third-order valence-electron chi connectivity index (χ3n) is 4.54. The molecule has 0 amide bonds. The molecule has 2 rings (SSSR count). The number of rotatable bonds is 5. The zero-order chi connectivity index (χ0) is 15.5. The minimum absolute atomic E-state index is 0.583. The van der Waals surface area contributed by atoms with Crippen LogP contribution in [0.2, 0.25) is 0 Å². The summed E-state index contributed by atoms with van der Waals surface area (Å²) in [6.45, 7) is 4.50. The molecule has 0 radical (unpaired) electrons. The highest BCUT2D eigenvalue weighted by atomic mass is 16.5. The van der Waals surface area contributed by atoms with Crippen molar-refractivity contribution in [1.82, 2.24) is 0 Å². The number of benzene rings is 1. The first-order valence-corrected chi connectivity index (χ1v) is 7.93. The lowest BCUT2D eigenvalue weighted by Crippen LogP contribution is -2.33. The molecule has 1 saturated carbocycles. The molecule has 0 bridgehead atoms. The first-order chi connectivity index (χ1) is 9.98. The molecule has 1 fully saturated rings. The van der Waals surface area contributed by atoms with E-state index in [0.717, 1.165) is 36.3 Å². The van der Waals surface area contributed by atoms with E-state index >= 15 is 0 Å². The maximum absolute atomic E-state index is 11.2. The van der Waals surface area contributed by atoms with E-state index in [2.05, 4.69) is 13.8 Å². The number of ether oxygens (including phenoxy) is 2. The van der Waals surface area contributed by atoms with E-state index < -0.39 is 5.60 Å². The highest BCUT2D eigenvalue weighted by Gasteiger charge is 2.38. The summed E-state index contributed by atoms with van der Waals surface area (Å²) in [6, 6.07) is 5.69. The summed E-state index contributed by atoms with van der Waals surface area (Å²) in [7, 11) is 3.31. The van der Waals surface area contributed by atoms with Crippen molar-refractivity contribution in [1.29, 1.82) is 0 Å². The van der Waals surface area contributed by atoms with Crippen LogP contribution in [0.25, 0.3) is 0 Å². The SMILES string of the molecule is COc1ccc(OC)c(C2(O)CCCC(CC(C)C)C2)c1. The summed E-state index contributed by atoms with van der Waals surface area (Å²) in [4.78, 5) is 0. The lowest BCUT2D eigenvalue weighted by molar-refractivity contribution is -0.0262. The van der Waals surface area contributed by atoms with Gasteiger partial charge in [0.25, 0.3) is 0 Å². The molecule has 1 aromatic rings. The van der Waals surface area contributed by atoms with Gasteiger partial charge in [0.1, 0.15) is 11.5 Å². The number of hydrogen-bond donors (Lipinski definition) is 1. The van der Waals surface area contributed by atoms with Gasteiger partial charge in [-0.05, 0) is 55.7 Å². The standard InChI is InChI=1S/C18H28O3/c1-13(2)10-14-6-5-9-18(19,12-14)16-11-15(20-3)7-8-17(16)21-4/h7-8,11,13-14,19H,5-6,9-10,12H2,1-4H3. The molecule has 1 aliphatic carbocycles. The van der Waals surface area contributed by atoms with Gasteiger partial charge in [0, 0.05) is 5.56 Å². The Hall–Kier alpha value is -1.22. The summed E-state index contributed by atoms with van der Waals surface area (Å²) in [6.07, 6.45) is 5.06. The van der Waals surface area contributed by atoms with Crippen LogP contribution in [-0.2, 0) is 5.60 Å². The third kappa shape index (κ3) is 3.70. The van der Waals surface area contributed by atoms with E-state index in [1.807, 2.05) is 18.2 Å². The molecular formula is C18H28O3. The minimum atomic E-state index is -0.794. The Bertz CT molecular complexity index is 470. The van der Waals surface area contributed by atoms with Crippen molar-refractivity contribution in [2.45, 2.75) is 51.6 Å². The quantitative estimate of drug-likeness (QED) is 0.887. The fourth-order valence-corrected chi connectivity index (χ4v) is 3.66. The molecule has 118 valence electrons. The van der Waals surface area contributed by atoms with Gasteiger partial charge >= 0.3 is 0 Å². The molecular weight excluding hydrogens is 264 g/mol. The second-order valence-electron chi connectivity index (χ2n) is 6.69. The molecule has 2 unspecified atom stereocenters. The minimum Gasteiger partial charge on any atom is -0.497 e. The fourth-order valence-electron chi connectivity index (χ4n) is 3.66. The van der Waals surface area contributed by atoms with Gasteiger partial charge in [-0.15, -0.1) is 0 Å². The average Bonchev–Trinajstić information content (AvgIpc) is 2.46. The van der Waals surface area contributed by atoms with Gasteiger partial charge in [-0.3, -0.25) is 0 Å². The van der Waals surface area contributed by atoms with Crippen LogP contribution in [0, 0.1) is 11.8 Å². The van der Waals surface area contributed by atoms with E-state index in [0.29, 0.717) is 11.8 Å². The van der Waals surface area contributed by atoms with Crippen molar-refractivity contribution in [3.63, 3.8) is 0 Å². The van der Waals surface area contributed by atoms with Gasteiger partial charge in [-0.1, -0.05) is 20.3 Å². The summed E-state index contributed by atoms with van der Waals surface area (Å²) in [5, 5.41) is 11.2. The van der Waals surface area contributed by atoms with Crippen LogP contribution in [0.3, 0.4) is 0 Å². The molecule has 1 aliphatic rings. The number of hydrogen-bond acceptors (Lipinski definition) is 3. The molecule has 3 nitrogen and oxygen atoms in total. The van der Waals surface area contributed by atoms with Gasteiger partial charge < -0.3 is 14.6 Å². The molecule has 0 spiro atoms. The second kappa shape index (κ2) is 6.69. The Morgan fingerprint density at radius 1 is 1.29 bits per heavy atom. The molecule has 3 heteroatoms. The normalized spacial score (nSPS) is 25.9. The summed E-state index contributed by atoms with van der Waals surface area (Å²) < 4.78 is 10.8. The smallest absolute Gasteiger partial charge is 0.125 e. The Balaban J connectivity index is 2.29. The van der Waals surface area contributed by atoms with Gasteiger partial charge in [-0.25, -0.2) is 0 Å². The molecule has 1 N–H and O–H groups in total. The summed E-state index contributed by atoms with van der Waals surface area (Å²) in [5.41, 5.74) is 0.0790. The van der Waals surface area contributed by atoms with Gasteiger partial charge in [0.2, 0.25) is 0 Å². The molecule has 0 aromatic heterocycles. The van der Waals surface area contributed by atoms with Crippen LogP contribution in [0.4, 0.5) is 0 Å². The highest BCUT2D eigenvalue weighted by Crippen LogP contribution is 2.45. The summed E-state index contributed by atoms with van der Waals surface area (Å²) in [5.74, 6) is 2.78. The lowest BCUT2D eigenvalue weighted by atomic mass is 9.72. The first-order valence-electron chi connectivity index (χ1n) is 7.93. The van der Waals surface area contributed by atoms with E-state index in [1.165, 1.54) is 12.8 Å². The Morgan fingerprint density at radius 3 is 2.67 bits per heavy atom. The van der Waals surface area contributed by atoms with Crippen LogP contribution < -0.4 is 9.47 Å². The molecule has 21 heavy (non-hydrogen) atoms. The molecule has 0 aliphatic heterocycles. The van der Waals surface area contributed by atoms with Crippen LogP contribution in [0.5, 0.6) is 11.5 Å². The fraction of sp³-hybridized carbons (Fsp3) is 0.667. The van der Waals surface area contributed by atoms with Crippen LogP contribution in [-0.4, -0.2) is 19.3 Å². The highest BCUT2D eigenvalue weighted by molar-refractivity contribution is 5.44. The van der Waals surface area contributed by atoms with Crippen molar-refractivity contribution in [3.05, 3.63) is 23.8 Å². The third-order valence-corrected chi connectivity index (χ3v) is 4.54. The van der Waals surface area contributed by atoms with Crippen molar-refractivity contribution >= 4 is 0 Å². The lowest BCUT2D eigenvalue weighted by Gasteiger charge is -2.38. The largest absolute Gasteiger partial charge is 0.497 e. The Kier molecular flexibility index (Phi) is 5.15. The number of aliphatic hydroxyl groups is 1. The zero-order valence-corrected chi connectivity index (χ0v) is 13.7. The zero-order valence-electron chi connectivity index (χ0n) is 13.7. The first kappa shape index (κ1) is 16.2. The van der Waals surface area contributed by atoms with Gasteiger partial charge in [-0.2, -0.15) is 0 Å². The van der Waals surface area contributed by atoms with Crippen LogP contribution in [0.1, 0.15) is 51.5 Å². The maximum atomic E-state index is 11.2. The molecule has 2 atom stereocenters. The molecule has 1 aromatic carbocycles. The second-order valence-corrected chi connectivity index (χ2v) is 6.69. The van der Waals surface area contributed by atoms with Gasteiger partial charge in [0.15, 0.2) is 0 Å². The predicted molar refractivity (Wildman–Crippen MR) is 84.9 cm³/mol. The monoisotopic (exact) mass is 292 g/mol. The van der Waals surface area contributed by atoms with Crippen molar-refractivity contribution in [2.75, 3.05) is 14.2 Å². The Labute approximate surface area is 128 Å². The topological polar surface area (TPSA) is 38.7 Å². The number of methoxy groups -OCH3 is 2. The van der Waals surface area contributed by atoms with E-state index in [1.54, 1.807) is 14.2 Å². The van der Waals surface area contributed by atoms with Crippen LogP contribution in [0.15, 0.2) is 18.2 Å². The Morgan fingerprint density at radius 2 is 2.05 bits per heavy atom. The van der Waals surface area contributed by atoms with Crippen LogP contribution >= 0.6 is 0 Å². The summed E-state index contributed by atoms with van der Waals surface area (Å²) >= 11 is 0. The molecule has 0 heterocycles. The van der Waals surface area contributed by atoms with Gasteiger partial charge in [0.05, 0.1) is 19.8 Å². The average molecular weight is 292 g/mol. The molecule has 0 saturated heterocycles. The van der Waals surface area contributed by atoms with E-state index in [-0.39, 0.29) is 0 Å². The van der Waals surface area contributed by atoms with E-state index in [4.69, 9.17) is 9.47 Å². The van der Waals surface area contributed by atoms with Crippen molar-refractivity contribution in [3.8, 4) is 11.5 Å². The predicted octanol–water partition coefficient (Wildman–Crippen LogP) is 4.13. The van der Waals surface area contributed by atoms with E-state index in [9.17, 15) is 5.11 Å².